The van der Waals surface area contributed by atoms with Crippen LogP contribution in [0.25, 0.3) is 0 Å². The smallest absolute Gasteiger partial charge is 0.243 e. The van der Waals surface area contributed by atoms with E-state index in [4.69, 9.17) is 20.9 Å². The molecule has 5 nitrogen and oxygen atoms in total. The predicted octanol–water partition coefficient (Wildman–Crippen LogP) is 2.50. The Kier molecular flexibility index (Phi) is 4.19. The summed E-state index contributed by atoms with van der Waals surface area (Å²) in [5.41, 5.74) is 0.448. The zero-order chi connectivity index (χ0) is 14.8. The molecule has 1 N–H and O–H groups in total. The molecule has 1 aromatic carbocycles. The summed E-state index contributed by atoms with van der Waals surface area (Å²) < 4.78 is 24.4. The highest BCUT2D eigenvalue weighted by atomic mass is 35.5. The van der Waals surface area contributed by atoms with Crippen molar-refractivity contribution in [1.82, 2.24) is 15.5 Å². The molecule has 1 fully saturated rings. The molecule has 2 heterocycles. The lowest BCUT2D eigenvalue weighted by Crippen LogP contribution is -2.16. The van der Waals surface area contributed by atoms with Crippen molar-refractivity contribution in [2.45, 2.75) is 25.0 Å². The lowest BCUT2D eigenvalue weighted by atomic mass is 10.1. The van der Waals surface area contributed by atoms with E-state index in [1.807, 2.05) is 0 Å². The molecule has 7 heteroatoms. The molecule has 2 atom stereocenters. The Labute approximate surface area is 126 Å². The van der Waals surface area contributed by atoms with E-state index >= 15 is 0 Å². The molecule has 0 amide bonds. The molecule has 1 aliphatic rings. The van der Waals surface area contributed by atoms with E-state index < -0.39 is 5.82 Å². The fourth-order valence-electron chi connectivity index (χ4n) is 2.41. The van der Waals surface area contributed by atoms with E-state index in [0.717, 1.165) is 13.0 Å². The fraction of sp³-hybridized carbons (Fsp3) is 0.429. The van der Waals surface area contributed by atoms with Gasteiger partial charge in [-0.15, -0.1) is 0 Å². The lowest BCUT2D eigenvalue weighted by molar-refractivity contribution is 0.116. The Balaban J connectivity index is 1.72. The second-order valence-electron chi connectivity index (χ2n) is 4.99. The second kappa shape index (κ2) is 6.09. The van der Waals surface area contributed by atoms with Gasteiger partial charge in [-0.05, 0) is 18.1 Å². The van der Waals surface area contributed by atoms with Gasteiger partial charge < -0.3 is 14.6 Å². The quantitative estimate of drug-likeness (QED) is 0.940. The number of halogens is 2. The van der Waals surface area contributed by atoms with Crippen LogP contribution < -0.4 is 5.32 Å². The van der Waals surface area contributed by atoms with Gasteiger partial charge >= 0.3 is 0 Å². The molecule has 1 aliphatic heterocycles. The summed E-state index contributed by atoms with van der Waals surface area (Å²) in [6.07, 6.45) is 1.18. The number of ether oxygens (including phenoxy) is 1. The number of benzene rings is 1. The maximum atomic E-state index is 13.8. The normalized spacial score (nSPS) is 21.9. The number of nitrogens with one attached hydrogen (secondary N) is 1. The standard InChI is InChI=1S/C14H15ClFN3O2/c1-20-9-6-11(17-7-9)14-18-12(19-21-14)5-8-3-2-4-10(15)13(8)16/h2-4,9,11,17H,5-7H2,1H3. The molecular weight excluding hydrogens is 297 g/mol. The monoisotopic (exact) mass is 311 g/mol. The highest BCUT2D eigenvalue weighted by Gasteiger charge is 2.29. The maximum Gasteiger partial charge on any atom is 0.243 e. The van der Waals surface area contributed by atoms with Crippen molar-refractivity contribution in [1.29, 1.82) is 0 Å². The largest absolute Gasteiger partial charge is 0.380 e. The number of hydrogen-bond donors (Lipinski definition) is 1. The molecule has 0 saturated carbocycles. The van der Waals surface area contributed by atoms with E-state index in [2.05, 4.69) is 15.5 Å². The van der Waals surface area contributed by atoms with E-state index in [1.54, 1.807) is 19.2 Å². The number of nitrogens with zero attached hydrogens (tertiary/aromatic N) is 2. The maximum absolute atomic E-state index is 13.8. The van der Waals surface area contributed by atoms with Crippen molar-refractivity contribution in [3.63, 3.8) is 0 Å². The first kappa shape index (κ1) is 14.4. The molecule has 0 aliphatic carbocycles. The van der Waals surface area contributed by atoms with Crippen molar-refractivity contribution in [2.75, 3.05) is 13.7 Å². The van der Waals surface area contributed by atoms with Gasteiger partial charge in [0.2, 0.25) is 5.89 Å². The number of hydrogen-bond acceptors (Lipinski definition) is 5. The number of rotatable bonds is 4. The van der Waals surface area contributed by atoms with Gasteiger partial charge in [-0.25, -0.2) is 4.39 Å². The number of methoxy groups -OCH3 is 1. The van der Waals surface area contributed by atoms with Crippen molar-refractivity contribution < 1.29 is 13.7 Å². The number of aromatic nitrogens is 2. The topological polar surface area (TPSA) is 60.2 Å². The Hall–Kier alpha value is -1.50. The average molecular weight is 312 g/mol. The van der Waals surface area contributed by atoms with E-state index in [0.29, 0.717) is 17.3 Å². The first-order valence-corrected chi connectivity index (χ1v) is 7.06. The Morgan fingerprint density at radius 3 is 3.14 bits per heavy atom. The van der Waals surface area contributed by atoms with Crippen LogP contribution in [-0.2, 0) is 11.2 Å². The third-order valence-electron chi connectivity index (χ3n) is 3.59. The molecule has 112 valence electrons. The summed E-state index contributed by atoms with van der Waals surface area (Å²) in [5, 5.41) is 7.25. The molecule has 0 bridgehead atoms. The average Bonchev–Trinajstić information content (AvgIpc) is 3.12. The molecule has 2 unspecified atom stereocenters. The highest BCUT2D eigenvalue weighted by Crippen LogP contribution is 2.24. The predicted molar refractivity (Wildman–Crippen MR) is 74.7 cm³/mol. The molecule has 1 saturated heterocycles. The minimum Gasteiger partial charge on any atom is -0.380 e. The van der Waals surface area contributed by atoms with Gasteiger partial charge in [-0.1, -0.05) is 28.9 Å². The summed E-state index contributed by atoms with van der Waals surface area (Å²) in [4.78, 5) is 4.32. The van der Waals surface area contributed by atoms with Crippen LogP contribution in [0.2, 0.25) is 5.02 Å². The summed E-state index contributed by atoms with van der Waals surface area (Å²) in [5.74, 6) is 0.504. The van der Waals surface area contributed by atoms with Gasteiger partial charge in [0, 0.05) is 20.1 Å². The van der Waals surface area contributed by atoms with Crippen molar-refractivity contribution >= 4 is 11.6 Å². The fourth-order valence-corrected chi connectivity index (χ4v) is 2.60. The molecule has 0 spiro atoms. The third kappa shape index (κ3) is 3.07. The Morgan fingerprint density at radius 1 is 1.52 bits per heavy atom. The second-order valence-corrected chi connectivity index (χ2v) is 5.40. The van der Waals surface area contributed by atoms with Crippen LogP contribution in [0.15, 0.2) is 22.7 Å². The van der Waals surface area contributed by atoms with Crippen LogP contribution in [0.1, 0.15) is 29.7 Å². The molecule has 0 radical (unpaired) electrons. The van der Waals surface area contributed by atoms with Crippen LogP contribution in [-0.4, -0.2) is 29.9 Å². The SMILES string of the molecule is COC1CNC(c2nc(Cc3cccc(Cl)c3F)no2)C1. The zero-order valence-electron chi connectivity index (χ0n) is 11.5. The van der Waals surface area contributed by atoms with Crippen LogP contribution in [0.3, 0.4) is 0 Å². The van der Waals surface area contributed by atoms with Crippen molar-refractivity contribution in [3.8, 4) is 0 Å². The van der Waals surface area contributed by atoms with Gasteiger partial charge in [0.25, 0.3) is 0 Å². The summed E-state index contributed by atoms with van der Waals surface area (Å²) in [6.45, 7) is 0.752. The summed E-state index contributed by atoms with van der Waals surface area (Å²) in [6, 6.07) is 4.85. The first-order valence-electron chi connectivity index (χ1n) is 6.69. The lowest BCUT2D eigenvalue weighted by Gasteiger charge is -2.04. The minimum absolute atomic E-state index is 0.0135. The minimum atomic E-state index is -0.441. The van der Waals surface area contributed by atoms with Crippen molar-refractivity contribution in [3.05, 3.63) is 46.3 Å². The van der Waals surface area contributed by atoms with Gasteiger partial charge in [0.15, 0.2) is 5.82 Å². The van der Waals surface area contributed by atoms with Crippen molar-refractivity contribution in [2.24, 2.45) is 0 Å². The highest BCUT2D eigenvalue weighted by molar-refractivity contribution is 6.30. The van der Waals surface area contributed by atoms with Crippen LogP contribution in [0.5, 0.6) is 0 Å². The Morgan fingerprint density at radius 2 is 2.38 bits per heavy atom. The van der Waals surface area contributed by atoms with E-state index in [-0.39, 0.29) is 23.6 Å². The van der Waals surface area contributed by atoms with Crippen LogP contribution in [0.4, 0.5) is 4.39 Å². The molecular formula is C14H15ClFN3O2. The third-order valence-corrected chi connectivity index (χ3v) is 3.88. The zero-order valence-corrected chi connectivity index (χ0v) is 12.2. The summed E-state index contributed by atoms with van der Waals surface area (Å²) >= 11 is 5.76. The van der Waals surface area contributed by atoms with Gasteiger partial charge in [-0.3, -0.25) is 0 Å². The first-order chi connectivity index (χ1) is 10.2. The molecule has 3 rings (SSSR count). The van der Waals surface area contributed by atoms with Crippen LogP contribution in [0, 0.1) is 5.82 Å². The molecule has 21 heavy (non-hydrogen) atoms. The van der Waals surface area contributed by atoms with Gasteiger partial charge in [0.05, 0.1) is 17.2 Å². The summed E-state index contributed by atoms with van der Waals surface area (Å²) in [7, 11) is 1.68. The van der Waals surface area contributed by atoms with Gasteiger partial charge in [0.1, 0.15) is 5.82 Å². The van der Waals surface area contributed by atoms with E-state index in [1.165, 1.54) is 6.07 Å². The molecule has 2 aromatic rings. The van der Waals surface area contributed by atoms with E-state index in [9.17, 15) is 4.39 Å². The van der Waals surface area contributed by atoms with Crippen LogP contribution >= 0.6 is 11.6 Å². The van der Waals surface area contributed by atoms with Gasteiger partial charge in [-0.2, -0.15) is 4.98 Å². The molecule has 1 aromatic heterocycles. The Bertz CT molecular complexity index is 634.